The second kappa shape index (κ2) is 6.75. The zero-order valence-electron chi connectivity index (χ0n) is 9.27. The molecule has 0 bridgehead atoms. The largest absolute Gasteiger partial charge is 0.479 e. The molecule has 1 rings (SSSR count). The predicted octanol–water partition coefficient (Wildman–Crippen LogP) is 0.488. The summed E-state index contributed by atoms with van der Waals surface area (Å²) in [7, 11) is 0. The second-order valence-corrected chi connectivity index (χ2v) is 4.65. The van der Waals surface area contributed by atoms with Gasteiger partial charge in [0.15, 0.2) is 6.10 Å². The lowest BCUT2D eigenvalue weighted by atomic mass is 10.2. The van der Waals surface area contributed by atoms with Crippen LogP contribution in [0.15, 0.2) is 0 Å². The summed E-state index contributed by atoms with van der Waals surface area (Å²) in [5.41, 5.74) is 0. The van der Waals surface area contributed by atoms with Crippen LogP contribution in [-0.4, -0.2) is 47.7 Å². The summed E-state index contributed by atoms with van der Waals surface area (Å²) in [6, 6.07) is 0. The molecule has 1 aliphatic heterocycles. The van der Waals surface area contributed by atoms with Crippen molar-refractivity contribution in [3.05, 3.63) is 0 Å². The molecule has 5 nitrogen and oxygen atoms in total. The monoisotopic (exact) mass is 247 g/mol. The van der Waals surface area contributed by atoms with E-state index >= 15 is 0 Å². The maximum Gasteiger partial charge on any atom is 0.332 e. The van der Waals surface area contributed by atoms with E-state index < -0.39 is 18.2 Å². The third kappa shape index (κ3) is 4.02. The van der Waals surface area contributed by atoms with Crippen LogP contribution in [0.25, 0.3) is 0 Å². The van der Waals surface area contributed by atoms with Crippen molar-refractivity contribution >= 4 is 23.6 Å². The molecule has 1 amide bonds. The van der Waals surface area contributed by atoms with E-state index in [1.54, 1.807) is 11.8 Å². The van der Waals surface area contributed by atoms with Gasteiger partial charge in [0, 0.05) is 6.54 Å². The van der Waals surface area contributed by atoms with E-state index in [-0.39, 0.29) is 5.91 Å². The van der Waals surface area contributed by atoms with E-state index in [0.29, 0.717) is 19.4 Å². The molecule has 16 heavy (non-hydrogen) atoms. The van der Waals surface area contributed by atoms with Crippen LogP contribution in [0.1, 0.15) is 19.3 Å². The molecule has 0 radical (unpaired) electrons. The molecule has 0 aromatic rings. The minimum atomic E-state index is -0.988. The first-order chi connectivity index (χ1) is 7.65. The highest BCUT2D eigenvalue weighted by Crippen LogP contribution is 2.19. The molecule has 1 fully saturated rings. The number of hydrogen-bond donors (Lipinski definition) is 2. The SMILES string of the molecule is CSCCCNC(=O)C1CCC(C(=O)O)O1. The van der Waals surface area contributed by atoms with Crippen LogP contribution in [0, 0.1) is 0 Å². The van der Waals surface area contributed by atoms with E-state index in [1.807, 2.05) is 6.26 Å². The van der Waals surface area contributed by atoms with Crippen molar-refractivity contribution in [3.8, 4) is 0 Å². The van der Waals surface area contributed by atoms with Crippen LogP contribution in [0.5, 0.6) is 0 Å². The second-order valence-electron chi connectivity index (χ2n) is 3.67. The minimum Gasteiger partial charge on any atom is -0.479 e. The number of thioether (sulfide) groups is 1. The summed E-state index contributed by atoms with van der Waals surface area (Å²) < 4.78 is 5.12. The van der Waals surface area contributed by atoms with Crippen LogP contribution in [-0.2, 0) is 14.3 Å². The Morgan fingerprint density at radius 2 is 2.12 bits per heavy atom. The van der Waals surface area contributed by atoms with Crippen LogP contribution in [0.3, 0.4) is 0 Å². The number of hydrogen-bond acceptors (Lipinski definition) is 4. The topological polar surface area (TPSA) is 75.6 Å². The average molecular weight is 247 g/mol. The Hall–Kier alpha value is -0.750. The molecule has 1 aliphatic rings. The molecular formula is C10H17NO4S. The van der Waals surface area contributed by atoms with Gasteiger partial charge in [-0.25, -0.2) is 4.79 Å². The number of amides is 1. The molecule has 0 aliphatic carbocycles. The smallest absolute Gasteiger partial charge is 0.332 e. The first-order valence-electron chi connectivity index (χ1n) is 5.30. The van der Waals surface area contributed by atoms with Crippen molar-refractivity contribution in [2.75, 3.05) is 18.6 Å². The number of aliphatic carboxylic acids is 1. The lowest BCUT2D eigenvalue weighted by Crippen LogP contribution is -2.36. The molecule has 0 saturated carbocycles. The summed E-state index contributed by atoms with van der Waals surface area (Å²) in [5.74, 6) is -0.175. The maximum atomic E-state index is 11.5. The van der Waals surface area contributed by atoms with Crippen LogP contribution >= 0.6 is 11.8 Å². The summed E-state index contributed by atoms with van der Waals surface area (Å²) in [6.07, 6.45) is 2.43. The number of carbonyl (C=O) groups is 2. The predicted molar refractivity (Wildman–Crippen MR) is 61.5 cm³/mol. The Morgan fingerprint density at radius 3 is 2.69 bits per heavy atom. The molecule has 0 aromatic carbocycles. The fourth-order valence-corrected chi connectivity index (χ4v) is 1.99. The van der Waals surface area contributed by atoms with Gasteiger partial charge in [0.05, 0.1) is 0 Å². The quantitative estimate of drug-likeness (QED) is 0.668. The van der Waals surface area contributed by atoms with Crippen molar-refractivity contribution in [1.82, 2.24) is 5.32 Å². The van der Waals surface area contributed by atoms with Crippen molar-refractivity contribution < 1.29 is 19.4 Å². The molecule has 2 atom stereocenters. The normalized spacial score (nSPS) is 24.3. The van der Waals surface area contributed by atoms with E-state index in [9.17, 15) is 9.59 Å². The highest BCUT2D eigenvalue weighted by molar-refractivity contribution is 7.98. The number of carboxylic acids is 1. The zero-order valence-corrected chi connectivity index (χ0v) is 10.1. The summed E-state index contributed by atoms with van der Waals surface area (Å²) >= 11 is 1.73. The maximum absolute atomic E-state index is 11.5. The Labute approximate surface area is 98.9 Å². The highest BCUT2D eigenvalue weighted by Gasteiger charge is 2.34. The van der Waals surface area contributed by atoms with Gasteiger partial charge in [-0.3, -0.25) is 4.79 Å². The molecule has 92 valence electrons. The lowest BCUT2D eigenvalue weighted by molar-refractivity contribution is -0.151. The van der Waals surface area contributed by atoms with Gasteiger partial charge in [0.25, 0.3) is 0 Å². The molecule has 2 N–H and O–H groups in total. The fraction of sp³-hybridized carbons (Fsp3) is 0.800. The first kappa shape index (κ1) is 13.3. The van der Waals surface area contributed by atoms with Gasteiger partial charge < -0.3 is 15.2 Å². The Bertz CT molecular complexity index is 259. The zero-order chi connectivity index (χ0) is 12.0. The summed E-state index contributed by atoms with van der Waals surface area (Å²) in [6.45, 7) is 0.622. The number of carboxylic acid groups (broad SMARTS) is 1. The number of nitrogens with one attached hydrogen (secondary N) is 1. The van der Waals surface area contributed by atoms with Crippen molar-refractivity contribution in [2.24, 2.45) is 0 Å². The van der Waals surface area contributed by atoms with Gasteiger partial charge >= 0.3 is 5.97 Å². The van der Waals surface area contributed by atoms with Gasteiger partial charge in [0.1, 0.15) is 6.10 Å². The Kier molecular flexibility index (Phi) is 5.62. The Morgan fingerprint density at radius 1 is 1.44 bits per heavy atom. The Balaban J connectivity index is 2.20. The number of carbonyl (C=O) groups excluding carboxylic acids is 1. The van der Waals surface area contributed by atoms with Gasteiger partial charge in [-0.1, -0.05) is 0 Å². The molecule has 0 aromatic heterocycles. The molecule has 0 spiro atoms. The van der Waals surface area contributed by atoms with Crippen LogP contribution in [0.2, 0.25) is 0 Å². The van der Waals surface area contributed by atoms with Crippen LogP contribution < -0.4 is 5.32 Å². The molecule has 2 unspecified atom stereocenters. The van der Waals surface area contributed by atoms with E-state index in [1.165, 1.54) is 0 Å². The van der Waals surface area contributed by atoms with Crippen molar-refractivity contribution in [2.45, 2.75) is 31.5 Å². The standard InChI is InChI=1S/C10H17NO4S/c1-16-6-2-5-11-9(12)7-3-4-8(15-7)10(13)14/h7-8H,2-6H2,1H3,(H,11,12)(H,13,14). The van der Waals surface area contributed by atoms with Gasteiger partial charge in [-0.2, -0.15) is 11.8 Å². The molecular weight excluding hydrogens is 230 g/mol. The minimum absolute atomic E-state index is 0.190. The third-order valence-electron chi connectivity index (χ3n) is 2.41. The third-order valence-corrected chi connectivity index (χ3v) is 3.11. The summed E-state index contributed by atoms with van der Waals surface area (Å²) in [4.78, 5) is 22.2. The van der Waals surface area contributed by atoms with E-state index in [2.05, 4.69) is 5.32 Å². The van der Waals surface area contributed by atoms with Gasteiger partial charge in [-0.05, 0) is 31.3 Å². The van der Waals surface area contributed by atoms with Crippen molar-refractivity contribution in [3.63, 3.8) is 0 Å². The lowest BCUT2D eigenvalue weighted by Gasteiger charge is -2.11. The molecule has 1 heterocycles. The van der Waals surface area contributed by atoms with Gasteiger partial charge in [0.2, 0.25) is 5.91 Å². The fourth-order valence-electron chi connectivity index (χ4n) is 1.55. The van der Waals surface area contributed by atoms with Crippen molar-refractivity contribution in [1.29, 1.82) is 0 Å². The highest BCUT2D eigenvalue weighted by atomic mass is 32.2. The van der Waals surface area contributed by atoms with Gasteiger partial charge in [-0.15, -0.1) is 0 Å². The first-order valence-corrected chi connectivity index (χ1v) is 6.69. The molecule has 6 heteroatoms. The average Bonchev–Trinajstić information content (AvgIpc) is 2.73. The van der Waals surface area contributed by atoms with Crippen LogP contribution in [0.4, 0.5) is 0 Å². The summed E-state index contributed by atoms with van der Waals surface area (Å²) in [5, 5.41) is 11.4. The van der Waals surface area contributed by atoms with E-state index in [0.717, 1.165) is 12.2 Å². The number of ether oxygens (including phenoxy) is 1. The van der Waals surface area contributed by atoms with E-state index in [4.69, 9.17) is 9.84 Å². The number of rotatable bonds is 6. The molecule has 1 saturated heterocycles.